The van der Waals surface area contributed by atoms with Crippen molar-refractivity contribution >= 4 is 5.97 Å². The first-order chi connectivity index (χ1) is 4.30. The van der Waals surface area contributed by atoms with E-state index in [2.05, 4.69) is 4.98 Å². The van der Waals surface area contributed by atoms with Crippen LogP contribution < -0.4 is 37.2 Å². The van der Waals surface area contributed by atoms with Crippen LogP contribution in [0.1, 0.15) is 10.5 Å². The van der Waals surface area contributed by atoms with Crippen molar-refractivity contribution in [1.29, 1.82) is 0 Å². The van der Waals surface area contributed by atoms with E-state index in [0.29, 0.717) is 0 Å². The maximum atomic E-state index is 10.1. The summed E-state index contributed by atoms with van der Waals surface area (Å²) in [5.74, 6) is -0.990. The first-order valence-corrected chi connectivity index (χ1v) is 2.45. The number of nitrogens with zero attached hydrogens (tertiary/aromatic N) is 1. The Kier molecular flexibility index (Phi) is 21.4. The number of aromatic carboxylic acids is 1. The fourth-order valence-corrected chi connectivity index (χ4v) is 0.489. The summed E-state index contributed by atoms with van der Waals surface area (Å²) >= 11 is 0. The molecule has 0 unspecified atom stereocenters. The van der Waals surface area contributed by atoms with Gasteiger partial charge in [-0.2, -0.15) is 0 Å². The molecule has 0 fully saturated rings. The van der Waals surface area contributed by atoms with Crippen molar-refractivity contribution in [2.24, 2.45) is 0 Å². The number of carboxylic acid groups (broad SMARTS) is 1. The zero-order valence-corrected chi connectivity index (χ0v) is 9.47. The Balaban J connectivity index is -0.000000101. The molecule has 0 amide bonds. The summed E-state index contributed by atoms with van der Waals surface area (Å²) in [4.78, 5) is 13.7. The standard InChI is InChI=1S/C6H5NO2.3ClH.Fe/c8-6(9)5-3-1-2-4-7-5;;;;/h1-4H,(H,8,9);3*1H;/q;;;;+3/p-3. The molecular formula is C6H5Cl3FeNO2. The predicted octanol–water partition coefficient (Wildman–Crippen LogP) is -8.21. The second kappa shape index (κ2) is 12.0. The van der Waals surface area contributed by atoms with Gasteiger partial charge in [0.2, 0.25) is 0 Å². The average molecular weight is 285 g/mol. The molecule has 1 N–H and O–H groups in total. The minimum absolute atomic E-state index is 0. The molecule has 0 aliphatic carbocycles. The first kappa shape index (κ1) is 23.1. The van der Waals surface area contributed by atoms with Crippen LogP contribution >= 0.6 is 0 Å². The zero-order chi connectivity index (χ0) is 6.69. The Morgan fingerprint density at radius 1 is 1.23 bits per heavy atom. The number of carbonyl (C=O) groups is 1. The van der Waals surface area contributed by atoms with Gasteiger partial charge >= 0.3 is 23.0 Å². The number of pyridine rings is 1. The molecule has 1 heterocycles. The number of hydrogen-bond donors (Lipinski definition) is 1. The van der Waals surface area contributed by atoms with Crippen molar-refractivity contribution in [3.05, 3.63) is 30.1 Å². The molecule has 0 atom stereocenters. The predicted molar refractivity (Wildman–Crippen MR) is 31.2 cm³/mol. The summed E-state index contributed by atoms with van der Waals surface area (Å²) in [6, 6.07) is 4.76. The van der Waals surface area contributed by atoms with E-state index in [0.717, 1.165) is 0 Å². The largest absolute Gasteiger partial charge is 3.00 e. The van der Waals surface area contributed by atoms with Gasteiger partial charge in [0.15, 0.2) is 0 Å². The summed E-state index contributed by atoms with van der Waals surface area (Å²) in [7, 11) is 0. The second-order valence-corrected chi connectivity index (χ2v) is 1.52. The van der Waals surface area contributed by atoms with Crippen molar-refractivity contribution in [2.45, 2.75) is 0 Å². The maximum absolute atomic E-state index is 10.1. The van der Waals surface area contributed by atoms with E-state index in [-0.39, 0.29) is 60.0 Å². The molecule has 75 valence electrons. The number of aromatic nitrogens is 1. The van der Waals surface area contributed by atoms with Crippen LogP contribution in [0.5, 0.6) is 0 Å². The van der Waals surface area contributed by atoms with Crippen LogP contribution in [0.3, 0.4) is 0 Å². The van der Waals surface area contributed by atoms with Crippen LogP contribution in [0.25, 0.3) is 0 Å². The third-order valence-corrected chi connectivity index (χ3v) is 0.884. The summed E-state index contributed by atoms with van der Waals surface area (Å²) < 4.78 is 0. The van der Waals surface area contributed by atoms with Gasteiger partial charge in [-0.1, -0.05) is 6.07 Å². The van der Waals surface area contributed by atoms with E-state index >= 15 is 0 Å². The summed E-state index contributed by atoms with van der Waals surface area (Å²) in [6.07, 6.45) is 1.45. The molecule has 1 rings (SSSR count). The molecular weight excluding hydrogens is 280 g/mol. The van der Waals surface area contributed by atoms with E-state index in [1.165, 1.54) is 12.3 Å². The van der Waals surface area contributed by atoms with Crippen molar-refractivity contribution in [2.75, 3.05) is 0 Å². The summed E-state index contributed by atoms with van der Waals surface area (Å²) in [5, 5.41) is 8.32. The molecule has 0 spiro atoms. The molecule has 7 heteroatoms. The van der Waals surface area contributed by atoms with Crippen LogP contribution in [0.4, 0.5) is 0 Å². The van der Waals surface area contributed by atoms with E-state index in [1.807, 2.05) is 0 Å². The van der Waals surface area contributed by atoms with Gasteiger partial charge in [-0.15, -0.1) is 0 Å². The molecule has 0 bridgehead atoms. The fraction of sp³-hybridized carbons (Fsp3) is 0. The van der Waals surface area contributed by atoms with Gasteiger partial charge in [-0.25, -0.2) is 9.78 Å². The normalized spacial score (nSPS) is 6.15. The Bertz CT molecular complexity index is 222. The molecule has 0 saturated carbocycles. The quantitative estimate of drug-likeness (QED) is 0.522. The monoisotopic (exact) mass is 284 g/mol. The molecule has 0 saturated heterocycles. The third kappa shape index (κ3) is 8.34. The molecule has 13 heavy (non-hydrogen) atoms. The van der Waals surface area contributed by atoms with Gasteiger partial charge in [0.25, 0.3) is 0 Å². The van der Waals surface area contributed by atoms with E-state index in [1.54, 1.807) is 12.1 Å². The minimum Gasteiger partial charge on any atom is -1.00 e. The van der Waals surface area contributed by atoms with Crippen LogP contribution in [0, 0.1) is 0 Å². The minimum atomic E-state index is -0.990. The fourth-order valence-electron chi connectivity index (χ4n) is 0.489. The Hall–Kier alpha value is 0.00948. The summed E-state index contributed by atoms with van der Waals surface area (Å²) in [5.41, 5.74) is 0.0810. The maximum Gasteiger partial charge on any atom is 3.00 e. The number of halogens is 3. The topological polar surface area (TPSA) is 50.2 Å². The van der Waals surface area contributed by atoms with Crippen LogP contribution in [-0.4, -0.2) is 16.1 Å². The van der Waals surface area contributed by atoms with E-state index in [4.69, 9.17) is 5.11 Å². The molecule has 0 aliphatic rings. The molecule has 0 aliphatic heterocycles. The molecule has 1 aromatic heterocycles. The second-order valence-electron chi connectivity index (χ2n) is 1.52. The summed E-state index contributed by atoms with van der Waals surface area (Å²) in [6.45, 7) is 0. The SMILES string of the molecule is O=C(O)c1ccccn1.[Cl-].[Cl-].[Cl-].[Fe+3]. The number of carboxylic acids is 1. The molecule has 1 aromatic rings. The van der Waals surface area contributed by atoms with Crippen LogP contribution in [0.2, 0.25) is 0 Å². The van der Waals surface area contributed by atoms with Crippen LogP contribution in [-0.2, 0) is 17.1 Å². The Morgan fingerprint density at radius 2 is 1.77 bits per heavy atom. The molecule has 3 nitrogen and oxygen atoms in total. The third-order valence-electron chi connectivity index (χ3n) is 0.884. The Morgan fingerprint density at radius 3 is 2.00 bits per heavy atom. The van der Waals surface area contributed by atoms with Crippen LogP contribution in [0.15, 0.2) is 24.4 Å². The average Bonchev–Trinajstić information content (AvgIpc) is 1.90. The smallest absolute Gasteiger partial charge is 1.00 e. The van der Waals surface area contributed by atoms with Gasteiger partial charge in [0, 0.05) is 6.20 Å². The van der Waals surface area contributed by atoms with E-state index in [9.17, 15) is 4.79 Å². The van der Waals surface area contributed by atoms with Gasteiger partial charge in [-0.05, 0) is 12.1 Å². The zero-order valence-electron chi connectivity index (χ0n) is 6.10. The number of rotatable bonds is 1. The molecule has 1 radical (unpaired) electrons. The molecule has 0 aromatic carbocycles. The van der Waals surface area contributed by atoms with Gasteiger partial charge in [0.05, 0.1) is 0 Å². The van der Waals surface area contributed by atoms with Crippen molar-refractivity contribution < 1.29 is 64.2 Å². The first-order valence-electron chi connectivity index (χ1n) is 2.45. The van der Waals surface area contributed by atoms with Crippen molar-refractivity contribution in [3.8, 4) is 0 Å². The van der Waals surface area contributed by atoms with Gasteiger partial charge in [-0.3, -0.25) is 0 Å². The van der Waals surface area contributed by atoms with Gasteiger partial charge in [0.1, 0.15) is 5.69 Å². The van der Waals surface area contributed by atoms with Crippen molar-refractivity contribution in [3.63, 3.8) is 0 Å². The van der Waals surface area contributed by atoms with Gasteiger partial charge < -0.3 is 42.3 Å². The Labute approximate surface area is 105 Å². The van der Waals surface area contributed by atoms with Crippen molar-refractivity contribution in [1.82, 2.24) is 4.98 Å². The number of hydrogen-bond acceptors (Lipinski definition) is 2. The van der Waals surface area contributed by atoms with E-state index < -0.39 is 5.97 Å².